The van der Waals surface area contributed by atoms with E-state index in [0.29, 0.717) is 42.7 Å². The van der Waals surface area contributed by atoms with Crippen LogP contribution >= 0.6 is 0 Å². The average molecular weight is 421 g/mol. The van der Waals surface area contributed by atoms with Crippen LogP contribution in [0.2, 0.25) is 0 Å². The van der Waals surface area contributed by atoms with E-state index in [0.717, 1.165) is 16.7 Å². The van der Waals surface area contributed by atoms with Crippen LogP contribution in [0, 0.1) is 27.7 Å². The Hall–Kier alpha value is -2.23. The van der Waals surface area contributed by atoms with Crippen molar-refractivity contribution in [2.24, 2.45) is 0 Å². The van der Waals surface area contributed by atoms with Crippen molar-refractivity contribution in [2.45, 2.75) is 45.6 Å². The standard InChI is InChI=1S/C20H28N4O4S/c1-13-10-14(2)19(15(3)11-13)29(26,27)24-8-6-23(7-9-24)17(5)20(25)21-18-12-16(4)28-22-18/h10-12,17H,6-9H2,1-5H3,(H,21,22,25)/t17-/m1/s1. The third kappa shape index (κ3) is 4.52. The molecule has 0 spiro atoms. The summed E-state index contributed by atoms with van der Waals surface area (Å²) in [6.45, 7) is 10.8. The van der Waals surface area contributed by atoms with Crippen molar-refractivity contribution in [3.8, 4) is 0 Å². The van der Waals surface area contributed by atoms with Gasteiger partial charge in [0.2, 0.25) is 15.9 Å². The lowest BCUT2D eigenvalue weighted by molar-refractivity contribution is -0.121. The zero-order chi connectivity index (χ0) is 21.3. The lowest BCUT2D eigenvalue weighted by Gasteiger charge is -2.37. The molecule has 9 heteroatoms. The molecule has 1 amide bonds. The topological polar surface area (TPSA) is 95.8 Å². The van der Waals surface area contributed by atoms with Gasteiger partial charge in [-0.25, -0.2) is 8.42 Å². The highest BCUT2D eigenvalue weighted by Crippen LogP contribution is 2.26. The Morgan fingerprint density at radius 3 is 2.17 bits per heavy atom. The molecule has 1 atom stereocenters. The minimum atomic E-state index is -3.57. The van der Waals surface area contributed by atoms with Gasteiger partial charge in [0.1, 0.15) is 5.76 Å². The number of hydrogen-bond acceptors (Lipinski definition) is 6. The van der Waals surface area contributed by atoms with Crippen LogP contribution in [0.25, 0.3) is 0 Å². The summed E-state index contributed by atoms with van der Waals surface area (Å²) in [7, 11) is -3.57. The van der Waals surface area contributed by atoms with E-state index in [4.69, 9.17) is 4.52 Å². The molecule has 0 saturated carbocycles. The highest BCUT2D eigenvalue weighted by Gasteiger charge is 2.33. The number of hydrogen-bond donors (Lipinski definition) is 1. The van der Waals surface area contributed by atoms with Gasteiger partial charge in [0.05, 0.1) is 10.9 Å². The highest BCUT2D eigenvalue weighted by molar-refractivity contribution is 7.89. The summed E-state index contributed by atoms with van der Waals surface area (Å²) in [5.41, 5.74) is 2.58. The van der Waals surface area contributed by atoms with Gasteiger partial charge in [0.25, 0.3) is 0 Å². The highest BCUT2D eigenvalue weighted by atomic mass is 32.2. The molecule has 29 heavy (non-hydrogen) atoms. The van der Waals surface area contributed by atoms with E-state index in [9.17, 15) is 13.2 Å². The van der Waals surface area contributed by atoms with Crippen molar-refractivity contribution in [1.82, 2.24) is 14.4 Å². The van der Waals surface area contributed by atoms with Crippen molar-refractivity contribution in [2.75, 3.05) is 31.5 Å². The zero-order valence-corrected chi connectivity index (χ0v) is 18.3. The fraction of sp³-hybridized carbons (Fsp3) is 0.500. The number of aromatic nitrogens is 1. The first-order chi connectivity index (χ1) is 13.6. The largest absolute Gasteiger partial charge is 0.360 e. The number of nitrogens with zero attached hydrogens (tertiary/aromatic N) is 3. The average Bonchev–Trinajstić information content (AvgIpc) is 3.04. The molecule has 1 aromatic carbocycles. The van der Waals surface area contributed by atoms with Gasteiger partial charge in [-0.15, -0.1) is 0 Å². The third-order valence-electron chi connectivity index (χ3n) is 5.28. The van der Waals surface area contributed by atoms with E-state index in [1.165, 1.54) is 4.31 Å². The summed E-state index contributed by atoms with van der Waals surface area (Å²) in [5.74, 6) is 0.805. The van der Waals surface area contributed by atoms with Gasteiger partial charge in [-0.1, -0.05) is 22.9 Å². The van der Waals surface area contributed by atoms with Crippen LogP contribution < -0.4 is 5.32 Å². The number of amides is 1. The number of carbonyl (C=O) groups is 1. The molecule has 2 aromatic rings. The first-order valence-electron chi connectivity index (χ1n) is 9.66. The van der Waals surface area contributed by atoms with E-state index in [1.807, 2.05) is 37.8 Å². The van der Waals surface area contributed by atoms with Gasteiger partial charge in [0.15, 0.2) is 5.82 Å². The molecule has 8 nitrogen and oxygen atoms in total. The number of aryl methyl sites for hydroxylation is 4. The van der Waals surface area contributed by atoms with Gasteiger partial charge in [-0.3, -0.25) is 9.69 Å². The SMILES string of the molecule is Cc1cc(C)c(S(=O)(=O)N2CCN([C@H](C)C(=O)Nc3cc(C)on3)CC2)c(C)c1. The molecule has 1 saturated heterocycles. The Kier molecular flexibility index (Phi) is 6.11. The number of sulfonamides is 1. The van der Waals surface area contributed by atoms with E-state index in [2.05, 4.69) is 10.5 Å². The van der Waals surface area contributed by atoms with E-state index < -0.39 is 16.1 Å². The van der Waals surface area contributed by atoms with Crippen molar-refractivity contribution < 1.29 is 17.7 Å². The molecule has 158 valence electrons. The Balaban J connectivity index is 1.66. The van der Waals surface area contributed by atoms with Crippen LogP contribution in [0.3, 0.4) is 0 Å². The number of piperazine rings is 1. The second-order valence-electron chi connectivity index (χ2n) is 7.66. The molecule has 1 aromatic heterocycles. The van der Waals surface area contributed by atoms with Crippen LogP contribution in [0.15, 0.2) is 27.6 Å². The lowest BCUT2D eigenvalue weighted by Crippen LogP contribution is -2.54. The van der Waals surface area contributed by atoms with E-state index in [-0.39, 0.29) is 5.91 Å². The summed E-state index contributed by atoms with van der Waals surface area (Å²) < 4.78 is 32.9. The maximum absolute atomic E-state index is 13.2. The number of anilines is 1. The number of carbonyl (C=O) groups excluding carboxylic acids is 1. The lowest BCUT2D eigenvalue weighted by atomic mass is 10.1. The molecule has 3 rings (SSSR count). The van der Waals surface area contributed by atoms with Gasteiger partial charge < -0.3 is 9.84 Å². The molecular formula is C20H28N4O4S. The summed E-state index contributed by atoms with van der Waals surface area (Å²) in [6.07, 6.45) is 0. The Bertz CT molecular complexity index is 984. The smallest absolute Gasteiger partial charge is 0.243 e. The minimum Gasteiger partial charge on any atom is -0.360 e. The monoisotopic (exact) mass is 420 g/mol. The molecule has 1 aliphatic rings. The Labute approximate surface area is 171 Å². The Morgan fingerprint density at radius 2 is 1.66 bits per heavy atom. The third-order valence-corrected chi connectivity index (χ3v) is 7.49. The predicted octanol–water partition coefficient (Wildman–Crippen LogP) is 2.24. The molecule has 2 heterocycles. The fourth-order valence-electron chi connectivity index (χ4n) is 3.86. The van der Waals surface area contributed by atoms with E-state index >= 15 is 0 Å². The molecular weight excluding hydrogens is 392 g/mol. The fourth-order valence-corrected chi connectivity index (χ4v) is 5.69. The molecule has 0 unspecified atom stereocenters. The molecule has 1 fully saturated rings. The first-order valence-corrected chi connectivity index (χ1v) is 11.1. The van der Waals surface area contributed by atoms with Crippen molar-refractivity contribution in [3.05, 3.63) is 40.6 Å². The first kappa shape index (κ1) is 21.5. The van der Waals surface area contributed by atoms with Crippen molar-refractivity contribution in [3.63, 3.8) is 0 Å². The maximum atomic E-state index is 13.2. The summed E-state index contributed by atoms with van der Waals surface area (Å²) >= 11 is 0. The number of rotatable bonds is 5. The van der Waals surface area contributed by atoms with Crippen molar-refractivity contribution >= 4 is 21.7 Å². The maximum Gasteiger partial charge on any atom is 0.243 e. The van der Waals surface area contributed by atoms with Gasteiger partial charge in [-0.05, 0) is 45.7 Å². The van der Waals surface area contributed by atoms with Gasteiger partial charge in [-0.2, -0.15) is 4.31 Å². The quantitative estimate of drug-likeness (QED) is 0.797. The van der Waals surface area contributed by atoms with Gasteiger partial charge in [0, 0.05) is 32.2 Å². The summed E-state index contributed by atoms with van der Waals surface area (Å²) in [4.78, 5) is 14.8. The van der Waals surface area contributed by atoms with Crippen LogP contribution in [0.4, 0.5) is 5.82 Å². The predicted molar refractivity (Wildman–Crippen MR) is 110 cm³/mol. The normalized spacial score (nSPS) is 17.3. The molecule has 1 N–H and O–H groups in total. The number of benzene rings is 1. The van der Waals surface area contributed by atoms with Gasteiger partial charge >= 0.3 is 0 Å². The minimum absolute atomic E-state index is 0.195. The van der Waals surface area contributed by atoms with Crippen LogP contribution in [-0.4, -0.2) is 60.9 Å². The molecule has 0 radical (unpaired) electrons. The molecule has 1 aliphatic heterocycles. The molecule has 0 bridgehead atoms. The zero-order valence-electron chi connectivity index (χ0n) is 17.5. The number of nitrogens with one attached hydrogen (secondary N) is 1. The van der Waals surface area contributed by atoms with Crippen LogP contribution in [0.1, 0.15) is 29.4 Å². The Morgan fingerprint density at radius 1 is 1.07 bits per heavy atom. The van der Waals surface area contributed by atoms with Crippen molar-refractivity contribution in [1.29, 1.82) is 0 Å². The van der Waals surface area contributed by atoms with Crippen LogP contribution in [-0.2, 0) is 14.8 Å². The molecule has 0 aliphatic carbocycles. The van der Waals surface area contributed by atoms with E-state index in [1.54, 1.807) is 19.9 Å². The second kappa shape index (κ2) is 8.25. The van der Waals surface area contributed by atoms with Crippen LogP contribution in [0.5, 0.6) is 0 Å². The second-order valence-corrected chi connectivity index (χ2v) is 9.53. The summed E-state index contributed by atoms with van der Waals surface area (Å²) in [6, 6.07) is 5.05. The summed E-state index contributed by atoms with van der Waals surface area (Å²) in [5, 5.41) is 6.50.